The van der Waals surface area contributed by atoms with Gasteiger partial charge in [0.15, 0.2) is 0 Å². The van der Waals surface area contributed by atoms with Crippen molar-refractivity contribution in [3.05, 3.63) is 29.8 Å². The van der Waals surface area contributed by atoms with Gasteiger partial charge < -0.3 is 0 Å². The molecule has 2 fully saturated rings. The summed E-state index contributed by atoms with van der Waals surface area (Å²) in [7, 11) is -3.33. The Bertz CT molecular complexity index is 598. The highest BCUT2D eigenvalue weighted by Crippen LogP contribution is 2.26. The Balaban J connectivity index is 1.72. The molecule has 1 atom stereocenters. The molecule has 5 heteroatoms. The average molecular weight is 322 g/mol. The predicted molar refractivity (Wildman–Crippen MR) is 88.4 cm³/mol. The summed E-state index contributed by atoms with van der Waals surface area (Å²) < 4.78 is 27.3. The van der Waals surface area contributed by atoms with Gasteiger partial charge in [0, 0.05) is 25.7 Å². The van der Waals surface area contributed by atoms with Gasteiger partial charge in [-0.3, -0.25) is 4.90 Å². The van der Waals surface area contributed by atoms with E-state index in [4.69, 9.17) is 0 Å². The van der Waals surface area contributed by atoms with Crippen molar-refractivity contribution in [2.24, 2.45) is 0 Å². The van der Waals surface area contributed by atoms with Crippen LogP contribution < -0.4 is 0 Å². The number of hydrogen-bond donors (Lipinski definition) is 0. The zero-order valence-corrected chi connectivity index (χ0v) is 14.2. The van der Waals surface area contributed by atoms with Crippen LogP contribution in [-0.4, -0.2) is 49.8 Å². The summed E-state index contributed by atoms with van der Waals surface area (Å²) >= 11 is 0. The lowest BCUT2D eigenvalue weighted by molar-refractivity contribution is 0.158. The second kappa shape index (κ2) is 6.69. The molecule has 0 N–H and O–H groups in total. The van der Waals surface area contributed by atoms with Gasteiger partial charge in [-0.1, -0.05) is 25.5 Å². The minimum Gasteiger partial charge on any atom is -0.298 e. The van der Waals surface area contributed by atoms with Gasteiger partial charge >= 0.3 is 0 Å². The van der Waals surface area contributed by atoms with E-state index in [0.29, 0.717) is 24.0 Å². The zero-order chi connectivity index (χ0) is 15.6. The molecule has 22 heavy (non-hydrogen) atoms. The normalized spacial score (nSPS) is 23.6. The van der Waals surface area contributed by atoms with Crippen LogP contribution in [0.1, 0.15) is 38.2 Å². The summed E-state index contributed by atoms with van der Waals surface area (Å²) in [6.07, 6.45) is 5.66. The van der Waals surface area contributed by atoms with Crippen molar-refractivity contribution in [3.8, 4) is 0 Å². The molecule has 1 unspecified atom stereocenters. The van der Waals surface area contributed by atoms with Crippen molar-refractivity contribution >= 4 is 10.0 Å². The zero-order valence-electron chi connectivity index (χ0n) is 13.4. The molecule has 2 aliphatic heterocycles. The maximum atomic E-state index is 12.8. The Hall–Kier alpha value is -0.910. The highest BCUT2D eigenvalue weighted by atomic mass is 32.2. The summed E-state index contributed by atoms with van der Waals surface area (Å²) in [5.41, 5.74) is 1.22. The SMILES string of the molecule is CCCCc1ccc(S(=O)(=O)N2CCN3CCCC3C2)cc1. The van der Waals surface area contributed by atoms with Gasteiger partial charge in [-0.25, -0.2) is 8.42 Å². The first-order chi connectivity index (χ1) is 10.6. The molecule has 0 spiro atoms. The Morgan fingerprint density at radius 1 is 1.14 bits per heavy atom. The van der Waals surface area contributed by atoms with Gasteiger partial charge in [0.25, 0.3) is 0 Å². The average Bonchev–Trinajstić information content (AvgIpc) is 3.01. The van der Waals surface area contributed by atoms with Crippen LogP contribution in [0.2, 0.25) is 0 Å². The summed E-state index contributed by atoms with van der Waals surface area (Å²) in [5.74, 6) is 0. The van der Waals surface area contributed by atoms with E-state index in [1.54, 1.807) is 16.4 Å². The minimum atomic E-state index is -3.33. The van der Waals surface area contributed by atoms with Crippen LogP contribution in [0.25, 0.3) is 0 Å². The number of rotatable bonds is 5. The van der Waals surface area contributed by atoms with Crippen molar-refractivity contribution in [3.63, 3.8) is 0 Å². The van der Waals surface area contributed by atoms with Crippen LogP contribution >= 0.6 is 0 Å². The van der Waals surface area contributed by atoms with Gasteiger partial charge in [0.1, 0.15) is 0 Å². The largest absolute Gasteiger partial charge is 0.298 e. The molecule has 0 aliphatic carbocycles. The number of hydrogen-bond acceptors (Lipinski definition) is 3. The molecule has 2 saturated heterocycles. The molecule has 0 radical (unpaired) electrons. The third-order valence-corrected chi connectivity index (χ3v) is 6.81. The lowest BCUT2D eigenvalue weighted by atomic mass is 10.1. The van der Waals surface area contributed by atoms with Gasteiger partial charge in [-0.05, 0) is 49.9 Å². The molecular weight excluding hydrogens is 296 g/mol. The van der Waals surface area contributed by atoms with Gasteiger partial charge in [0.2, 0.25) is 10.0 Å². The summed E-state index contributed by atoms with van der Waals surface area (Å²) in [6.45, 7) is 5.45. The molecule has 0 bridgehead atoms. The molecule has 0 aromatic heterocycles. The van der Waals surface area contributed by atoms with Gasteiger partial charge in [0.05, 0.1) is 4.90 Å². The molecule has 4 nitrogen and oxygen atoms in total. The molecule has 1 aromatic rings. The summed E-state index contributed by atoms with van der Waals surface area (Å²) in [6, 6.07) is 7.91. The number of unbranched alkanes of at least 4 members (excludes halogenated alkanes) is 1. The van der Waals surface area contributed by atoms with Crippen LogP contribution in [0.4, 0.5) is 0 Å². The molecule has 122 valence electrons. The van der Waals surface area contributed by atoms with E-state index in [9.17, 15) is 8.42 Å². The third-order valence-electron chi connectivity index (χ3n) is 4.93. The number of nitrogens with zero attached hydrogens (tertiary/aromatic N) is 2. The maximum Gasteiger partial charge on any atom is 0.243 e. The van der Waals surface area contributed by atoms with Crippen LogP contribution in [0.3, 0.4) is 0 Å². The van der Waals surface area contributed by atoms with Crippen molar-refractivity contribution < 1.29 is 8.42 Å². The Labute approximate surface area is 134 Å². The first-order valence-corrected chi connectivity index (χ1v) is 9.88. The fourth-order valence-electron chi connectivity index (χ4n) is 3.54. The van der Waals surface area contributed by atoms with Crippen LogP contribution in [0.5, 0.6) is 0 Å². The van der Waals surface area contributed by atoms with Gasteiger partial charge in [-0.15, -0.1) is 0 Å². The standard InChI is InChI=1S/C17H26N2O2S/c1-2-3-5-15-7-9-17(10-8-15)22(20,21)19-13-12-18-11-4-6-16(18)14-19/h7-10,16H,2-6,11-14H2,1H3. The Kier molecular flexibility index (Phi) is 4.85. The van der Waals surface area contributed by atoms with E-state index in [0.717, 1.165) is 38.8 Å². The summed E-state index contributed by atoms with van der Waals surface area (Å²) in [4.78, 5) is 2.87. The Morgan fingerprint density at radius 3 is 2.64 bits per heavy atom. The molecule has 2 heterocycles. The topological polar surface area (TPSA) is 40.6 Å². The van der Waals surface area contributed by atoms with Crippen molar-refractivity contribution in [2.45, 2.75) is 50.0 Å². The first kappa shape index (κ1) is 16.0. The number of aryl methyl sites for hydroxylation is 1. The lowest BCUT2D eigenvalue weighted by Gasteiger charge is -2.36. The summed E-state index contributed by atoms with van der Waals surface area (Å²) in [5, 5.41) is 0. The van der Waals surface area contributed by atoms with Crippen LogP contribution in [-0.2, 0) is 16.4 Å². The van der Waals surface area contributed by atoms with E-state index in [1.165, 1.54) is 12.0 Å². The van der Waals surface area contributed by atoms with Crippen LogP contribution in [0, 0.1) is 0 Å². The highest BCUT2D eigenvalue weighted by Gasteiger charge is 2.36. The molecule has 3 rings (SSSR count). The number of benzene rings is 1. The minimum absolute atomic E-state index is 0.423. The molecule has 0 saturated carbocycles. The van der Waals surface area contributed by atoms with E-state index >= 15 is 0 Å². The number of fused-ring (bicyclic) bond motifs is 1. The molecule has 1 aromatic carbocycles. The quantitative estimate of drug-likeness (QED) is 0.836. The molecule has 2 aliphatic rings. The monoisotopic (exact) mass is 322 g/mol. The fourth-order valence-corrected chi connectivity index (χ4v) is 5.01. The highest BCUT2D eigenvalue weighted by molar-refractivity contribution is 7.89. The lowest BCUT2D eigenvalue weighted by Crippen LogP contribution is -2.51. The van der Waals surface area contributed by atoms with Crippen molar-refractivity contribution in [1.82, 2.24) is 9.21 Å². The Morgan fingerprint density at radius 2 is 1.91 bits per heavy atom. The second-order valence-electron chi connectivity index (χ2n) is 6.44. The number of piperazine rings is 1. The molecular formula is C17H26N2O2S. The third kappa shape index (κ3) is 3.21. The molecule has 0 amide bonds. The maximum absolute atomic E-state index is 12.8. The van der Waals surface area contributed by atoms with Gasteiger partial charge in [-0.2, -0.15) is 4.31 Å². The van der Waals surface area contributed by atoms with Crippen LogP contribution in [0.15, 0.2) is 29.2 Å². The van der Waals surface area contributed by atoms with Crippen molar-refractivity contribution in [2.75, 3.05) is 26.2 Å². The second-order valence-corrected chi connectivity index (χ2v) is 8.38. The van der Waals surface area contributed by atoms with E-state index in [1.807, 2.05) is 12.1 Å². The number of sulfonamides is 1. The smallest absolute Gasteiger partial charge is 0.243 e. The van der Waals surface area contributed by atoms with E-state index in [-0.39, 0.29) is 0 Å². The first-order valence-electron chi connectivity index (χ1n) is 8.44. The van der Waals surface area contributed by atoms with E-state index < -0.39 is 10.0 Å². The van der Waals surface area contributed by atoms with Crippen molar-refractivity contribution in [1.29, 1.82) is 0 Å². The predicted octanol–water partition coefficient (Wildman–Crippen LogP) is 2.50. The fraction of sp³-hybridized carbons (Fsp3) is 0.647. The van der Waals surface area contributed by atoms with E-state index in [2.05, 4.69) is 11.8 Å².